The predicted octanol–water partition coefficient (Wildman–Crippen LogP) is 5.48. The van der Waals surface area contributed by atoms with Gasteiger partial charge in [-0.15, -0.1) is 0 Å². The summed E-state index contributed by atoms with van der Waals surface area (Å²) in [4.78, 5) is 33.5. The Morgan fingerprint density at radius 3 is 1.28 bits per heavy atom. The van der Waals surface area contributed by atoms with Gasteiger partial charge in [0.25, 0.3) is 0 Å². The summed E-state index contributed by atoms with van der Waals surface area (Å²) in [6, 6.07) is 0. The van der Waals surface area contributed by atoms with Crippen LogP contribution in [0.25, 0.3) is 0 Å². The van der Waals surface area contributed by atoms with Crippen LogP contribution in [0.2, 0.25) is 0 Å². The molecule has 0 aromatic carbocycles. The number of carbonyl (C=O) groups is 3. The zero-order chi connectivity index (χ0) is 24.1. The highest BCUT2D eigenvalue weighted by atomic mass is 16.4. The van der Waals surface area contributed by atoms with Gasteiger partial charge in [0.15, 0.2) is 19.6 Å². The summed E-state index contributed by atoms with van der Waals surface area (Å²) in [6.45, 7) is 1.05. The van der Waals surface area contributed by atoms with Crippen molar-refractivity contribution in [1.82, 2.24) is 0 Å². The number of hydrogen-bond donors (Lipinski definition) is 3. The number of carboxylic acids is 3. The first-order valence-electron chi connectivity index (χ1n) is 12.5. The first-order chi connectivity index (χ1) is 15.3. The van der Waals surface area contributed by atoms with Crippen LogP contribution in [-0.4, -0.2) is 63.9 Å². The molecule has 0 spiro atoms. The highest BCUT2D eigenvalue weighted by Crippen LogP contribution is 2.14. The van der Waals surface area contributed by atoms with Crippen molar-refractivity contribution in [3.05, 3.63) is 12.2 Å². The molecule has 0 saturated carbocycles. The van der Waals surface area contributed by atoms with E-state index in [9.17, 15) is 14.4 Å². The number of rotatable bonds is 23. The van der Waals surface area contributed by atoms with Gasteiger partial charge in [-0.2, -0.15) is 0 Å². The Morgan fingerprint density at radius 1 is 0.562 bits per heavy atom. The Bertz CT molecular complexity index is 506. The largest absolute Gasteiger partial charge is 0.477 e. The second-order valence-corrected chi connectivity index (χ2v) is 9.01. The van der Waals surface area contributed by atoms with E-state index in [0.717, 1.165) is 38.5 Å². The average molecular weight is 457 g/mol. The molecule has 0 aliphatic rings. The molecule has 0 saturated heterocycles. The fourth-order valence-electron chi connectivity index (χ4n) is 4.14. The molecule has 32 heavy (non-hydrogen) atoms. The lowest BCUT2D eigenvalue weighted by Crippen LogP contribution is -2.57. The SMILES string of the molecule is CCCCCCCCC/C=C/CCCCCCCC[N+](CC(=O)O)(CC(=O)O)CC(=O)O. The maximum Gasteiger partial charge on any atom is 0.359 e. The molecule has 0 atom stereocenters. The van der Waals surface area contributed by atoms with Crippen molar-refractivity contribution in [3.63, 3.8) is 0 Å². The van der Waals surface area contributed by atoms with E-state index in [1.54, 1.807) is 0 Å². The topological polar surface area (TPSA) is 112 Å². The van der Waals surface area contributed by atoms with Gasteiger partial charge in [-0.3, -0.25) is 4.48 Å². The summed E-state index contributed by atoms with van der Waals surface area (Å²) >= 11 is 0. The van der Waals surface area contributed by atoms with Gasteiger partial charge in [0.05, 0.1) is 6.54 Å². The standard InChI is InChI=1S/C25H45NO6/c1-2-3-4-5-6-7-8-9-10-11-12-13-14-15-16-17-18-19-26(20-23(27)28,21-24(29)30)22-25(31)32/h10-11H,2-9,12-22H2,1H3,(H2-,27,28,29,30,31,32)/p+1/b11-10+. The van der Waals surface area contributed by atoms with Crippen LogP contribution in [0.4, 0.5) is 0 Å². The number of aliphatic carboxylic acids is 3. The van der Waals surface area contributed by atoms with Crippen molar-refractivity contribution in [1.29, 1.82) is 0 Å². The number of quaternary nitrogens is 1. The summed E-state index contributed by atoms with van der Waals surface area (Å²) in [7, 11) is 0. The molecule has 0 aliphatic carbocycles. The minimum Gasteiger partial charge on any atom is -0.477 e. The van der Waals surface area contributed by atoms with Crippen LogP contribution >= 0.6 is 0 Å². The Morgan fingerprint density at radius 2 is 0.906 bits per heavy atom. The molecule has 0 heterocycles. The third-order valence-corrected chi connectivity index (χ3v) is 5.81. The van der Waals surface area contributed by atoms with Crippen LogP contribution in [0.15, 0.2) is 12.2 Å². The molecular weight excluding hydrogens is 410 g/mol. The minimum absolute atomic E-state index is 0.256. The van der Waals surface area contributed by atoms with Gasteiger partial charge in [0, 0.05) is 0 Å². The van der Waals surface area contributed by atoms with Crippen molar-refractivity contribution in [2.45, 2.75) is 103 Å². The predicted molar refractivity (Wildman–Crippen MR) is 127 cm³/mol. The van der Waals surface area contributed by atoms with Crippen LogP contribution in [0.5, 0.6) is 0 Å². The van der Waals surface area contributed by atoms with E-state index in [2.05, 4.69) is 19.1 Å². The zero-order valence-electron chi connectivity index (χ0n) is 20.1. The second kappa shape index (κ2) is 19.8. The fraction of sp³-hybridized carbons (Fsp3) is 0.800. The highest BCUT2D eigenvalue weighted by molar-refractivity contribution is 5.73. The molecule has 0 fully saturated rings. The molecule has 7 nitrogen and oxygen atoms in total. The molecule has 0 aromatic rings. The lowest BCUT2D eigenvalue weighted by molar-refractivity contribution is -0.907. The van der Waals surface area contributed by atoms with Crippen LogP contribution < -0.4 is 0 Å². The van der Waals surface area contributed by atoms with Crippen LogP contribution in [0.1, 0.15) is 103 Å². The average Bonchev–Trinajstić information content (AvgIpc) is 2.68. The Balaban J connectivity index is 3.87. The van der Waals surface area contributed by atoms with Crippen LogP contribution in [-0.2, 0) is 14.4 Å². The van der Waals surface area contributed by atoms with E-state index >= 15 is 0 Å². The van der Waals surface area contributed by atoms with Gasteiger partial charge < -0.3 is 15.3 Å². The third kappa shape index (κ3) is 18.8. The summed E-state index contributed by atoms with van der Waals surface area (Å²) in [6.07, 6.45) is 22.1. The maximum atomic E-state index is 11.2. The Kier molecular flexibility index (Phi) is 18.6. The summed E-state index contributed by atoms with van der Waals surface area (Å²) < 4.78 is -0.441. The van der Waals surface area contributed by atoms with Gasteiger partial charge in [0.2, 0.25) is 0 Å². The number of carboxylic acid groups (broad SMARTS) is 3. The first kappa shape index (κ1) is 30.1. The third-order valence-electron chi connectivity index (χ3n) is 5.81. The van der Waals surface area contributed by atoms with E-state index in [-0.39, 0.29) is 6.54 Å². The summed E-state index contributed by atoms with van der Waals surface area (Å²) in [5.41, 5.74) is 0. The van der Waals surface area contributed by atoms with Crippen LogP contribution in [0.3, 0.4) is 0 Å². The van der Waals surface area contributed by atoms with Crippen molar-refractivity contribution in [3.8, 4) is 0 Å². The van der Waals surface area contributed by atoms with Crippen molar-refractivity contribution in [2.24, 2.45) is 0 Å². The van der Waals surface area contributed by atoms with E-state index in [1.165, 1.54) is 51.4 Å². The molecule has 0 unspecified atom stereocenters. The maximum absolute atomic E-state index is 11.2. The van der Waals surface area contributed by atoms with E-state index in [0.29, 0.717) is 6.42 Å². The quantitative estimate of drug-likeness (QED) is 0.107. The zero-order valence-corrected chi connectivity index (χ0v) is 20.1. The number of hydrogen-bond acceptors (Lipinski definition) is 3. The molecule has 0 bridgehead atoms. The molecule has 3 N–H and O–H groups in total. The number of nitrogens with zero attached hydrogens (tertiary/aromatic N) is 1. The summed E-state index contributed by atoms with van der Waals surface area (Å²) in [5, 5.41) is 27.3. The number of allylic oxidation sites excluding steroid dienone is 2. The van der Waals surface area contributed by atoms with Crippen molar-refractivity contribution >= 4 is 17.9 Å². The van der Waals surface area contributed by atoms with Gasteiger partial charge in [-0.05, 0) is 38.5 Å². The Labute approximate surface area is 194 Å². The van der Waals surface area contributed by atoms with Gasteiger partial charge in [0.1, 0.15) is 0 Å². The second-order valence-electron chi connectivity index (χ2n) is 9.01. The van der Waals surface area contributed by atoms with E-state index in [1.807, 2.05) is 0 Å². The van der Waals surface area contributed by atoms with Gasteiger partial charge >= 0.3 is 17.9 Å². The minimum atomic E-state index is -1.17. The molecule has 0 rings (SSSR count). The van der Waals surface area contributed by atoms with Crippen LogP contribution in [0, 0.1) is 0 Å². The van der Waals surface area contributed by atoms with E-state index in [4.69, 9.17) is 15.3 Å². The normalized spacial score (nSPS) is 11.8. The molecule has 0 radical (unpaired) electrons. The first-order valence-corrected chi connectivity index (χ1v) is 12.5. The van der Waals surface area contributed by atoms with Crippen molar-refractivity contribution < 1.29 is 34.2 Å². The monoisotopic (exact) mass is 456 g/mol. The number of unbranched alkanes of at least 4 members (excludes halogenated alkanes) is 13. The van der Waals surface area contributed by atoms with Gasteiger partial charge in [-0.1, -0.05) is 76.9 Å². The molecule has 186 valence electrons. The fourth-order valence-corrected chi connectivity index (χ4v) is 4.14. The Hall–Kier alpha value is -1.89. The summed E-state index contributed by atoms with van der Waals surface area (Å²) in [5.74, 6) is -3.52. The molecule has 0 aliphatic heterocycles. The molecule has 0 aromatic heterocycles. The van der Waals surface area contributed by atoms with Gasteiger partial charge in [-0.25, -0.2) is 14.4 Å². The highest BCUT2D eigenvalue weighted by Gasteiger charge is 2.35. The molecule has 7 heteroatoms. The smallest absolute Gasteiger partial charge is 0.359 e. The van der Waals surface area contributed by atoms with E-state index < -0.39 is 42.0 Å². The van der Waals surface area contributed by atoms with Crippen molar-refractivity contribution in [2.75, 3.05) is 26.2 Å². The molecular formula is C25H46NO6+. The lowest BCUT2D eigenvalue weighted by atomic mass is 10.1. The molecule has 0 amide bonds. The lowest BCUT2D eigenvalue weighted by Gasteiger charge is -2.34.